The zero-order chi connectivity index (χ0) is 29.5. The molecular weight excluding hydrogens is 567 g/mol. The van der Waals surface area contributed by atoms with Crippen LogP contribution in [-0.2, 0) is 11.2 Å². The van der Waals surface area contributed by atoms with Crippen LogP contribution in [0.25, 0.3) is 55.3 Å². The quantitative estimate of drug-likeness (QED) is 0.188. The monoisotopic (exact) mass is 588 g/mol. The van der Waals surface area contributed by atoms with E-state index in [-0.39, 0.29) is 34.7 Å². The largest absolute Gasteiger partial charge is 0.337 e. The van der Waals surface area contributed by atoms with Gasteiger partial charge in [0.1, 0.15) is 22.7 Å². The fourth-order valence-corrected chi connectivity index (χ4v) is 5.75. The Morgan fingerprint density at radius 1 is 1.02 bits per heavy atom. The van der Waals surface area contributed by atoms with Crippen molar-refractivity contribution in [1.29, 1.82) is 0 Å². The smallest absolute Gasteiger partial charge is 0.228 e. The van der Waals surface area contributed by atoms with Crippen LogP contribution < -0.4 is 5.32 Å². The van der Waals surface area contributed by atoms with Crippen molar-refractivity contribution in [3.8, 4) is 33.2 Å². The number of benzene rings is 1. The number of pyridine rings is 3. The second kappa shape index (κ2) is 10.7. The van der Waals surface area contributed by atoms with E-state index in [0.29, 0.717) is 44.4 Å². The number of nitrogens with one attached hydrogen (secondary N) is 3. The molecule has 10 nitrogen and oxygen atoms in total. The summed E-state index contributed by atoms with van der Waals surface area (Å²) in [5.74, 6) is -0.446. The molecule has 210 valence electrons. The number of H-pyrrole nitrogens is 2. The number of thiophene rings is 1. The number of anilines is 1. The molecular formula is C31H21FN8O2S. The number of aromatic amines is 2. The first kappa shape index (κ1) is 26.3. The number of carbonyl (C=O) groups is 2. The minimum absolute atomic E-state index is 0.0239. The number of rotatable bonds is 7. The Bertz CT molecular complexity index is 2170. The summed E-state index contributed by atoms with van der Waals surface area (Å²) in [5.41, 5.74) is 4.31. The number of imidazole rings is 1. The van der Waals surface area contributed by atoms with Crippen molar-refractivity contribution >= 4 is 50.8 Å². The van der Waals surface area contributed by atoms with Crippen molar-refractivity contribution in [2.45, 2.75) is 13.3 Å². The Labute approximate surface area is 247 Å². The molecule has 0 fully saturated rings. The lowest BCUT2D eigenvalue weighted by Crippen LogP contribution is -2.14. The molecule has 0 saturated carbocycles. The van der Waals surface area contributed by atoms with E-state index in [2.05, 4.69) is 35.5 Å². The maximum atomic E-state index is 16.2. The summed E-state index contributed by atoms with van der Waals surface area (Å²) < 4.78 is 16.2. The predicted molar refractivity (Wildman–Crippen MR) is 162 cm³/mol. The van der Waals surface area contributed by atoms with Crippen molar-refractivity contribution in [3.63, 3.8) is 0 Å². The molecule has 1 amide bonds. The number of aromatic nitrogens is 7. The number of halogens is 1. The summed E-state index contributed by atoms with van der Waals surface area (Å²) >= 11 is 1.34. The first-order chi connectivity index (χ1) is 20.9. The first-order valence-corrected chi connectivity index (χ1v) is 14.0. The van der Waals surface area contributed by atoms with E-state index in [1.807, 2.05) is 36.4 Å². The van der Waals surface area contributed by atoms with E-state index in [0.717, 1.165) is 10.4 Å². The average Bonchev–Trinajstić information content (AvgIpc) is 3.76. The van der Waals surface area contributed by atoms with E-state index in [1.165, 1.54) is 36.9 Å². The zero-order valence-corrected chi connectivity index (χ0v) is 23.4. The van der Waals surface area contributed by atoms with Crippen LogP contribution in [0, 0.1) is 5.82 Å². The van der Waals surface area contributed by atoms with Crippen LogP contribution in [0.4, 0.5) is 10.1 Å². The third kappa shape index (κ3) is 4.93. The summed E-state index contributed by atoms with van der Waals surface area (Å²) in [6.07, 6.45) is 6.25. The van der Waals surface area contributed by atoms with E-state index in [9.17, 15) is 9.59 Å². The van der Waals surface area contributed by atoms with Crippen LogP contribution in [0.2, 0.25) is 0 Å². The van der Waals surface area contributed by atoms with Gasteiger partial charge in [-0.25, -0.2) is 14.4 Å². The number of hydrogen-bond donors (Lipinski definition) is 3. The molecule has 0 aliphatic heterocycles. The Kier molecular flexibility index (Phi) is 6.51. The topological polar surface area (TPSA) is 142 Å². The lowest BCUT2D eigenvalue weighted by molar-refractivity contribution is -0.115. The van der Waals surface area contributed by atoms with Gasteiger partial charge >= 0.3 is 0 Å². The molecule has 0 atom stereocenters. The summed E-state index contributed by atoms with van der Waals surface area (Å²) in [4.78, 5) is 46.9. The molecule has 0 bridgehead atoms. The van der Waals surface area contributed by atoms with Gasteiger partial charge in [-0.1, -0.05) is 30.3 Å². The van der Waals surface area contributed by atoms with Crippen molar-refractivity contribution in [2.75, 3.05) is 5.32 Å². The van der Waals surface area contributed by atoms with Crippen LogP contribution in [0.1, 0.15) is 22.2 Å². The highest BCUT2D eigenvalue weighted by molar-refractivity contribution is 7.17. The van der Waals surface area contributed by atoms with E-state index >= 15 is 4.39 Å². The summed E-state index contributed by atoms with van der Waals surface area (Å²) in [7, 11) is 0. The Morgan fingerprint density at radius 3 is 2.70 bits per heavy atom. The molecule has 12 heteroatoms. The summed E-state index contributed by atoms with van der Waals surface area (Å²) in [6.45, 7) is 1.52. The van der Waals surface area contributed by atoms with Gasteiger partial charge in [-0.3, -0.25) is 24.7 Å². The molecule has 6 heterocycles. The van der Waals surface area contributed by atoms with E-state index < -0.39 is 5.82 Å². The number of fused-ring (bicyclic) bond motifs is 2. The molecule has 1 aromatic carbocycles. The van der Waals surface area contributed by atoms with Crippen LogP contribution in [-0.4, -0.2) is 46.8 Å². The number of amides is 1. The van der Waals surface area contributed by atoms with Gasteiger partial charge in [-0.2, -0.15) is 5.10 Å². The maximum absolute atomic E-state index is 16.2. The van der Waals surface area contributed by atoms with Gasteiger partial charge in [0.25, 0.3) is 0 Å². The molecule has 0 spiro atoms. The fourth-order valence-electron chi connectivity index (χ4n) is 4.85. The van der Waals surface area contributed by atoms with Gasteiger partial charge in [0.15, 0.2) is 17.3 Å². The lowest BCUT2D eigenvalue weighted by atomic mass is 10.1. The molecule has 0 aliphatic rings. The highest BCUT2D eigenvalue weighted by Gasteiger charge is 2.22. The Balaban J connectivity index is 1.24. The number of Topliss-reactive ketones (excluding diaryl/α,β-unsaturated/α-hetero) is 1. The van der Waals surface area contributed by atoms with Crippen LogP contribution in [0.3, 0.4) is 0 Å². The second-order valence-electron chi connectivity index (χ2n) is 9.82. The standard InChI is InChI=1S/C31H21FN8O2S/c1-16(41)22-7-8-23(43-22)28-27-21(9-10-34-28)37-31(38-27)29-25-26(32)20(15-35-30(25)40-39-29)18-12-19(14-33-13-18)36-24(42)11-17-5-3-2-4-6-17/h2-10,12-15H,11H2,1H3,(H,36,42)(H,37,38)(H,35,39,40). The molecule has 7 rings (SSSR count). The van der Waals surface area contributed by atoms with Crippen molar-refractivity contribution in [1.82, 2.24) is 35.1 Å². The van der Waals surface area contributed by atoms with Crippen LogP contribution in [0.5, 0.6) is 0 Å². The van der Waals surface area contributed by atoms with Gasteiger partial charge in [0, 0.05) is 29.7 Å². The summed E-state index contributed by atoms with van der Waals surface area (Å²) in [6, 6.07) is 16.4. The molecule has 0 radical (unpaired) electrons. The lowest BCUT2D eigenvalue weighted by Gasteiger charge is -2.08. The SMILES string of the molecule is CC(=O)c1ccc(-c2nccc3[nH]c(-c4[nH]nc5ncc(-c6cncc(NC(=O)Cc7ccccc7)c6)c(F)c45)nc23)s1. The number of hydrogen-bond acceptors (Lipinski definition) is 8. The Hall–Kier alpha value is -5.62. The highest BCUT2D eigenvalue weighted by atomic mass is 32.1. The fraction of sp³-hybridized carbons (Fsp3) is 0.0645. The molecule has 3 N–H and O–H groups in total. The predicted octanol–water partition coefficient (Wildman–Crippen LogP) is 6.21. The van der Waals surface area contributed by atoms with Gasteiger partial charge in [-0.15, -0.1) is 11.3 Å². The first-order valence-electron chi connectivity index (χ1n) is 13.2. The third-order valence-corrected chi connectivity index (χ3v) is 8.08. The molecule has 6 aromatic heterocycles. The Morgan fingerprint density at radius 2 is 1.88 bits per heavy atom. The van der Waals surface area contributed by atoms with Crippen LogP contribution >= 0.6 is 11.3 Å². The van der Waals surface area contributed by atoms with Gasteiger partial charge in [0.2, 0.25) is 5.91 Å². The summed E-state index contributed by atoms with van der Waals surface area (Å²) in [5, 5.41) is 10.1. The average molecular weight is 589 g/mol. The minimum Gasteiger partial charge on any atom is -0.337 e. The molecule has 43 heavy (non-hydrogen) atoms. The van der Waals surface area contributed by atoms with Crippen molar-refractivity contribution < 1.29 is 14.0 Å². The van der Waals surface area contributed by atoms with Crippen molar-refractivity contribution in [2.24, 2.45) is 0 Å². The number of nitrogens with zero attached hydrogens (tertiary/aromatic N) is 5. The van der Waals surface area contributed by atoms with Gasteiger partial charge < -0.3 is 10.3 Å². The zero-order valence-electron chi connectivity index (χ0n) is 22.6. The van der Waals surface area contributed by atoms with Crippen LogP contribution in [0.15, 0.2) is 79.4 Å². The highest BCUT2D eigenvalue weighted by Crippen LogP contribution is 2.36. The van der Waals surface area contributed by atoms with E-state index in [1.54, 1.807) is 24.4 Å². The molecule has 0 saturated heterocycles. The minimum atomic E-state index is -0.563. The van der Waals surface area contributed by atoms with Gasteiger partial charge in [-0.05, 0) is 36.8 Å². The third-order valence-electron chi connectivity index (χ3n) is 6.88. The molecule has 0 aliphatic carbocycles. The molecule has 7 aromatic rings. The normalized spacial score (nSPS) is 11.3. The number of ketones is 1. The molecule has 0 unspecified atom stereocenters. The van der Waals surface area contributed by atoms with E-state index in [4.69, 9.17) is 4.98 Å². The van der Waals surface area contributed by atoms with Crippen molar-refractivity contribution in [3.05, 3.63) is 95.6 Å². The van der Waals surface area contributed by atoms with Gasteiger partial charge in [0.05, 0.1) is 39.0 Å². The maximum Gasteiger partial charge on any atom is 0.228 e. The number of carbonyl (C=O) groups excluding carboxylic acids is 2. The second-order valence-corrected chi connectivity index (χ2v) is 10.9.